The molecule has 0 amide bonds. The monoisotopic (exact) mass is 240 g/mol. The summed E-state index contributed by atoms with van der Waals surface area (Å²) >= 11 is 0. The second kappa shape index (κ2) is 29.9. The van der Waals surface area contributed by atoms with Crippen LogP contribution in [0.4, 0.5) is 28.2 Å². The summed E-state index contributed by atoms with van der Waals surface area (Å²) in [4.78, 5) is 29.3. The van der Waals surface area contributed by atoms with Crippen LogP contribution in [-0.2, 0) is 0 Å². The summed E-state index contributed by atoms with van der Waals surface area (Å²) in [5.74, 6) is 0. The van der Waals surface area contributed by atoms with Gasteiger partial charge in [0.05, 0.1) is 0 Å². The summed E-state index contributed by atoms with van der Waals surface area (Å²) in [6.07, 6.45) is 0. The number of hydrogen-bond donors (Lipinski definition) is 4. The molecule has 82 valence electrons. The van der Waals surface area contributed by atoms with Crippen LogP contribution in [0.1, 0.15) is 1.43 Å². The van der Waals surface area contributed by atoms with Crippen molar-refractivity contribution in [1.82, 2.24) is 0 Å². The average molecular weight is 240 g/mol. The van der Waals surface area contributed by atoms with Gasteiger partial charge in [-0.3, -0.25) is 28.2 Å². The SMILES string of the molecule is F.F.F.F.F.F.O[Si](O)(O)O.[H-].[Na+]. The Morgan fingerprint density at radius 3 is 0.583 bits per heavy atom. The van der Waals surface area contributed by atoms with Crippen LogP contribution in [0.3, 0.4) is 0 Å². The molecule has 0 unspecified atom stereocenters. The largest absolute Gasteiger partial charge is 1.00 e. The fourth-order valence-corrected chi connectivity index (χ4v) is 0. The van der Waals surface area contributed by atoms with Crippen molar-refractivity contribution in [2.45, 2.75) is 0 Å². The van der Waals surface area contributed by atoms with Crippen molar-refractivity contribution in [2.24, 2.45) is 0 Å². The van der Waals surface area contributed by atoms with Gasteiger partial charge in [-0.05, 0) is 0 Å². The van der Waals surface area contributed by atoms with Gasteiger partial charge < -0.3 is 20.6 Å². The number of hydrogen-bond acceptors (Lipinski definition) is 4. The third-order valence-electron chi connectivity index (χ3n) is 0. The van der Waals surface area contributed by atoms with Crippen LogP contribution in [0, 0.1) is 0 Å². The van der Waals surface area contributed by atoms with E-state index in [-0.39, 0.29) is 59.2 Å². The molecular formula is H11F6NaO4Si. The molecule has 0 aromatic rings. The van der Waals surface area contributed by atoms with E-state index in [1.54, 1.807) is 0 Å². The van der Waals surface area contributed by atoms with Crippen molar-refractivity contribution in [1.29, 1.82) is 0 Å². The Morgan fingerprint density at radius 1 is 0.583 bits per heavy atom. The van der Waals surface area contributed by atoms with Crippen LogP contribution < -0.4 is 29.6 Å². The van der Waals surface area contributed by atoms with E-state index in [4.69, 9.17) is 19.2 Å². The number of halogens is 6. The van der Waals surface area contributed by atoms with Crippen molar-refractivity contribution in [2.75, 3.05) is 0 Å². The Bertz CT molecular complexity index is 40.1. The normalized spacial score (nSPS) is 5.00. The molecule has 0 bridgehead atoms. The summed E-state index contributed by atoms with van der Waals surface area (Å²) in [6, 6.07) is 0. The van der Waals surface area contributed by atoms with Crippen molar-refractivity contribution >= 4 is 9.05 Å². The van der Waals surface area contributed by atoms with Crippen molar-refractivity contribution in [3.05, 3.63) is 0 Å². The molecule has 0 fully saturated rings. The van der Waals surface area contributed by atoms with Crippen LogP contribution in [0.2, 0.25) is 0 Å². The predicted molar refractivity (Wildman–Crippen MR) is 30.8 cm³/mol. The first-order valence-electron chi connectivity index (χ1n) is 0.894. The van der Waals surface area contributed by atoms with Gasteiger partial charge >= 0.3 is 38.6 Å². The summed E-state index contributed by atoms with van der Waals surface area (Å²) in [7, 11) is -4.61. The zero-order chi connectivity index (χ0) is 4.50. The minimum atomic E-state index is -4.61. The maximum absolute atomic E-state index is 7.33. The molecule has 4 nitrogen and oxygen atoms in total. The van der Waals surface area contributed by atoms with Gasteiger partial charge in [-0.25, -0.2) is 0 Å². The summed E-state index contributed by atoms with van der Waals surface area (Å²) < 4.78 is 0. The standard InChI is InChI=1S/6FH.Na.H4O4Si.H/c;;;;;;;1-5(2,3)4;/h6*1H;;1-4H;/q;;;;;;+1;;-1. The Hall–Kier alpha value is 0.637. The minimum absolute atomic E-state index is 0. The van der Waals surface area contributed by atoms with Gasteiger partial charge in [-0.2, -0.15) is 0 Å². The van der Waals surface area contributed by atoms with E-state index in [1.165, 1.54) is 0 Å². The van der Waals surface area contributed by atoms with E-state index in [9.17, 15) is 0 Å². The van der Waals surface area contributed by atoms with E-state index < -0.39 is 9.05 Å². The van der Waals surface area contributed by atoms with Crippen LogP contribution in [-0.4, -0.2) is 28.2 Å². The van der Waals surface area contributed by atoms with E-state index >= 15 is 0 Å². The Balaban J connectivity index is -0.00000000286. The fourth-order valence-electron chi connectivity index (χ4n) is 0. The Kier molecular flexibility index (Phi) is 198. The zero-order valence-electron chi connectivity index (χ0n) is 6.74. The molecule has 0 rings (SSSR count). The van der Waals surface area contributed by atoms with Crippen LogP contribution in [0.5, 0.6) is 0 Å². The first-order valence-corrected chi connectivity index (χ1v) is 2.68. The molecular weight excluding hydrogens is 229 g/mol. The van der Waals surface area contributed by atoms with Gasteiger partial charge in [0.25, 0.3) is 0 Å². The van der Waals surface area contributed by atoms with Crippen molar-refractivity contribution < 1.29 is 78.4 Å². The molecule has 0 aromatic heterocycles. The van der Waals surface area contributed by atoms with E-state index in [0.717, 1.165) is 0 Å². The van der Waals surface area contributed by atoms with Crippen LogP contribution in [0.15, 0.2) is 0 Å². The molecule has 0 saturated heterocycles. The molecule has 0 aliphatic carbocycles. The van der Waals surface area contributed by atoms with Gasteiger partial charge in [0.1, 0.15) is 0 Å². The molecule has 0 spiro atoms. The molecule has 12 heavy (non-hydrogen) atoms. The van der Waals surface area contributed by atoms with E-state index in [1.807, 2.05) is 0 Å². The molecule has 0 aliphatic heterocycles. The van der Waals surface area contributed by atoms with Gasteiger partial charge in [-0.15, -0.1) is 0 Å². The van der Waals surface area contributed by atoms with Gasteiger partial charge in [0.2, 0.25) is 0 Å². The van der Waals surface area contributed by atoms with E-state index in [0.29, 0.717) is 0 Å². The zero-order valence-corrected chi connectivity index (χ0v) is 8.74. The molecule has 0 radical (unpaired) electrons. The third-order valence-corrected chi connectivity index (χ3v) is 0. The van der Waals surface area contributed by atoms with Gasteiger partial charge in [-0.1, -0.05) is 0 Å². The molecule has 0 atom stereocenters. The molecule has 4 N–H and O–H groups in total. The smallest absolute Gasteiger partial charge is 1.00 e. The van der Waals surface area contributed by atoms with Gasteiger partial charge in [0, 0.05) is 0 Å². The molecule has 12 heteroatoms. The fraction of sp³-hybridized carbons (Fsp3) is 0. The molecule has 0 heterocycles. The van der Waals surface area contributed by atoms with Crippen molar-refractivity contribution in [3.8, 4) is 0 Å². The summed E-state index contributed by atoms with van der Waals surface area (Å²) in [5.41, 5.74) is 0. The summed E-state index contributed by atoms with van der Waals surface area (Å²) in [5, 5.41) is 0. The quantitative estimate of drug-likeness (QED) is 0.254. The predicted octanol–water partition coefficient (Wildman–Crippen LogP) is -4.58. The Morgan fingerprint density at radius 2 is 0.583 bits per heavy atom. The first-order chi connectivity index (χ1) is 2.00. The van der Waals surface area contributed by atoms with Crippen LogP contribution >= 0.6 is 0 Å². The second-order valence-corrected chi connectivity index (χ2v) is 1.80. The van der Waals surface area contributed by atoms with Gasteiger partial charge in [0.15, 0.2) is 0 Å². The van der Waals surface area contributed by atoms with Crippen LogP contribution in [0.25, 0.3) is 0 Å². The topological polar surface area (TPSA) is 80.9 Å². The molecule has 0 aromatic carbocycles. The Labute approximate surface area is 87.7 Å². The maximum Gasteiger partial charge on any atom is 1.00 e. The van der Waals surface area contributed by atoms with E-state index in [2.05, 4.69) is 0 Å². The molecule has 0 aliphatic rings. The first kappa shape index (κ1) is 79.6. The second-order valence-electron chi connectivity index (χ2n) is 0.600. The number of rotatable bonds is 0. The third kappa shape index (κ3) is 2440. The molecule has 0 saturated carbocycles. The minimum Gasteiger partial charge on any atom is -1.00 e. The average Bonchev–Trinajstić information content (AvgIpc) is 0.722. The van der Waals surface area contributed by atoms with Crippen molar-refractivity contribution in [3.63, 3.8) is 0 Å². The summed E-state index contributed by atoms with van der Waals surface area (Å²) in [6.45, 7) is 0. The maximum atomic E-state index is 7.33.